The Hall–Kier alpha value is -2.94. The van der Waals surface area contributed by atoms with Gasteiger partial charge in [0.1, 0.15) is 29.9 Å². The highest BCUT2D eigenvalue weighted by Gasteiger charge is 2.23. The zero-order chi connectivity index (χ0) is 23.7. The van der Waals surface area contributed by atoms with E-state index >= 15 is 0 Å². The molecule has 1 atom stereocenters. The Kier molecular flexibility index (Phi) is 6.54. The Morgan fingerprint density at radius 1 is 1.18 bits per heavy atom. The molecule has 34 heavy (non-hydrogen) atoms. The number of rotatable bonds is 7. The summed E-state index contributed by atoms with van der Waals surface area (Å²) in [6.07, 6.45) is 1.16. The van der Waals surface area contributed by atoms with Crippen LogP contribution in [0, 0.1) is 12.7 Å². The first kappa shape index (κ1) is 22.8. The minimum absolute atomic E-state index is 0.149. The number of halogens is 2. The van der Waals surface area contributed by atoms with E-state index < -0.39 is 6.10 Å². The summed E-state index contributed by atoms with van der Waals surface area (Å²) in [5.41, 5.74) is 1.62. The highest BCUT2D eigenvalue weighted by atomic mass is 35.5. The van der Waals surface area contributed by atoms with E-state index in [2.05, 4.69) is 15.1 Å². The number of aliphatic hydroxyl groups excluding tert-OH is 1. The molecule has 3 heterocycles. The summed E-state index contributed by atoms with van der Waals surface area (Å²) >= 11 is 5.80. The fraction of sp³-hybridized carbons (Fsp3) is 0.360. The molecule has 1 fully saturated rings. The van der Waals surface area contributed by atoms with Gasteiger partial charge in [0, 0.05) is 19.5 Å². The van der Waals surface area contributed by atoms with Crippen LogP contribution in [0.15, 0.2) is 51.3 Å². The summed E-state index contributed by atoms with van der Waals surface area (Å²) in [4.78, 5) is 2.21. The van der Waals surface area contributed by atoms with Crippen molar-refractivity contribution in [1.29, 1.82) is 0 Å². The van der Waals surface area contributed by atoms with Gasteiger partial charge in [0.05, 0.1) is 10.4 Å². The summed E-state index contributed by atoms with van der Waals surface area (Å²) in [6, 6.07) is 12.4. The lowest BCUT2D eigenvalue weighted by atomic mass is 9.89. The van der Waals surface area contributed by atoms with Crippen LogP contribution < -0.4 is 4.74 Å². The zero-order valence-electron chi connectivity index (χ0n) is 18.7. The maximum Gasteiger partial charge on any atom is 0.283 e. The number of fused-ring (bicyclic) bond motifs is 1. The molecule has 5 rings (SSSR count). The standard InChI is InChI=1S/C25H25ClFN3O4/c1-15-28-29-25(33-15)24-12-19-22(3-2-4-23(19)34-24)32-14-18(31)13-30-9-7-16(8-10-30)17-5-6-20(26)21(27)11-17/h2-6,11-12,16,18,31H,7-10,13-14H2,1H3. The number of aromatic nitrogens is 2. The fourth-order valence-electron chi connectivity index (χ4n) is 4.41. The van der Waals surface area contributed by atoms with Crippen molar-refractivity contribution in [2.75, 3.05) is 26.2 Å². The third kappa shape index (κ3) is 4.94. The molecule has 1 unspecified atom stereocenters. The average Bonchev–Trinajstić information content (AvgIpc) is 3.46. The van der Waals surface area contributed by atoms with Gasteiger partial charge in [0.2, 0.25) is 5.89 Å². The Morgan fingerprint density at radius 2 is 2.00 bits per heavy atom. The Balaban J connectivity index is 1.16. The quantitative estimate of drug-likeness (QED) is 0.385. The van der Waals surface area contributed by atoms with Crippen molar-refractivity contribution in [2.24, 2.45) is 0 Å². The zero-order valence-corrected chi connectivity index (χ0v) is 19.5. The summed E-state index contributed by atoms with van der Waals surface area (Å²) in [6.45, 7) is 4.04. The highest BCUT2D eigenvalue weighted by Crippen LogP contribution is 2.33. The molecule has 178 valence electrons. The number of benzene rings is 2. The van der Waals surface area contributed by atoms with E-state index in [1.54, 1.807) is 19.1 Å². The maximum atomic E-state index is 13.8. The summed E-state index contributed by atoms with van der Waals surface area (Å²) in [7, 11) is 0. The van der Waals surface area contributed by atoms with E-state index in [4.69, 9.17) is 25.2 Å². The largest absolute Gasteiger partial charge is 0.490 e. The number of hydrogen-bond donors (Lipinski definition) is 1. The lowest BCUT2D eigenvalue weighted by molar-refractivity contribution is 0.0599. The van der Waals surface area contributed by atoms with Gasteiger partial charge in [-0.1, -0.05) is 23.7 Å². The molecule has 0 bridgehead atoms. The van der Waals surface area contributed by atoms with Crippen molar-refractivity contribution in [2.45, 2.75) is 31.8 Å². The molecule has 2 aromatic heterocycles. The Labute approximate surface area is 201 Å². The molecular weight excluding hydrogens is 461 g/mol. The van der Waals surface area contributed by atoms with Crippen molar-refractivity contribution in [3.05, 3.63) is 64.8 Å². The molecule has 1 aliphatic heterocycles. The molecule has 0 spiro atoms. The summed E-state index contributed by atoms with van der Waals surface area (Å²) < 4.78 is 31.0. The summed E-state index contributed by atoms with van der Waals surface area (Å²) in [5.74, 6) is 1.78. The van der Waals surface area contributed by atoms with Crippen LogP contribution in [0.3, 0.4) is 0 Å². The first-order chi connectivity index (χ1) is 16.5. The molecule has 1 saturated heterocycles. The van der Waals surface area contributed by atoms with Crippen LogP contribution in [0.1, 0.15) is 30.2 Å². The Morgan fingerprint density at radius 3 is 2.74 bits per heavy atom. The first-order valence-corrected chi connectivity index (χ1v) is 11.7. The monoisotopic (exact) mass is 485 g/mol. The van der Waals surface area contributed by atoms with Crippen LogP contribution in [0.2, 0.25) is 5.02 Å². The van der Waals surface area contributed by atoms with Gasteiger partial charge in [0.15, 0.2) is 5.76 Å². The number of likely N-dealkylation sites (tertiary alicyclic amines) is 1. The number of ether oxygens (including phenoxy) is 1. The summed E-state index contributed by atoms with van der Waals surface area (Å²) in [5, 5.41) is 19.3. The van der Waals surface area contributed by atoms with Crippen molar-refractivity contribution >= 4 is 22.6 Å². The van der Waals surface area contributed by atoms with Crippen LogP contribution in [-0.4, -0.2) is 52.5 Å². The van der Waals surface area contributed by atoms with E-state index in [0.29, 0.717) is 41.3 Å². The normalized spacial score (nSPS) is 16.2. The number of nitrogens with zero attached hydrogens (tertiary/aromatic N) is 3. The van der Waals surface area contributed by atoms with Gasteiger partial charge in [-0.2, -0.15) is 0 Å². The predicted octanol–water partition coefficient (Wildman–Crippen LogP) is 5.20. The van der Waals surface area contributed by atoms with E-state index in [0.717, 1.165) is 36.9 Å². The van der Waals surface area contributed by atoms with Gasteiger partial charge in [-0.3, -0.25) is 0 Å². The average molecular weight is 486 g/mol. The third-order valence-corrected chi connectivity index (χ3v) is 6.47. The number of furan rings is 1. The van der Waals surface area contributed by atoms with Gasteiger partial charge < -0.3 is 23.6 Å². The maximum absolute atomic E-state index is 13.8. The second kappa shape index (κ2) is 9.74. The Bertz CT molecular complexity index is 1280. The van der Waals surface area contributed by atoms with Gasteiger partial charge in [-0.05, 0) is 61.7 Å². The number of hydrogen-bond acceptors (Lipinski definition) is 7. The molecule has 2 aromatic carbocycles. The number of aliphatic hydroxyl groups is 1. The molecule has 9 heteroatoms. The minimum atomic E-state index is -0.648. The molecule has 4 aromatic rings. The number of piperidine rings is 1. The molecule has 1 aliphatic rings. The lowest BCUT2D eigenvalue weighted by Gasteiger charge is -2.33. The molecule has 1 N–H and O–H groups in total. The molecule has 0 amide bonds. The minimum Gasteiger partial charge on any atom is -0.490 e. The second-order valence-corrected chi connectivity index (χ2v) is 9.03. The van der Waals surface area contributed by atoms with Crippen LogP contribution in [-0.2, 0) is 0 Å². The van der Waals surface area contributed by atoms with Crippen molar-refractivity contribution in [3.8, 4) is 17.4 Å². The molecule has 7 nitrogen and oxygen atoms in total. The van der Waals surface area contributed by atoms with Crippen molar-refractivity contribution in [1.82, 2.24) is 15.1 Å². The molecular formula is C25H25ClFN3O4. The topological polar surface area (TPSA) is 84.8 Å². The van der Waals surface area contributed by atoms with Crippen LogP contribution >= 0.6 is 11.6 Å². The van der Waals surface area contributed by atoms with E-state index in [1.807, 2.05) is 24.3 Å². The van der Waals surface area contributed by atoms with Crippen LogP contribution in [0.25, 0.3) is 22.6 Å². The SMILES string of the molecule is Cc1nnc(-c2cc3c(OCC(O)CN4CCC(c5ccc(Cl)c(F)c5)CC4)cccc3o2)o1. The van der Waals surface area contributed by atoms with E-state index in [1.165, 1.54) is 6.07 Å². The van der Waals surface area contributed by atoms with Gasteiger partial charge >= 0.3 is 0 Å². The van der Waals surface area contributed by atoms with E-state index in [-0.39, 0.29) is 17.4 Å². The molecule has 0 radical (unpaired) electrons. The van der Waals surface area contributed by atoms with Gasteiger partial charge in [-0.15, -0.1) is 10.2 Å². The predicted molar refractivity (Wildman–Crippen MR) is 126 cm³/mol. The fourth-order valence-corrected chi connectivity index (χ4v) is 4.53. The van der Waals surface area contributed by atoms with Gasteiger partial charge in [-0.25, -0.2) is 4.39 Å². The number of β-amino-alcohol motifs (C(OH)–C–C–N with tert-alkyl or cyclic N) is 1. The second-order valence-electron chi connectivity index (χ2n) is 8.62. The lowest BCUT2D eigenvalue weighted by Crippen LogP contribution is -2.40. The third-order valence-electron chi connectivity index (χ3n) is 6.16. The van der Waals surface area contributed by atoms with E-state index in [9.17, 15) is 9.50 Å². The first-order valence-electron chi connectivity index (χ1n) is 11.3. The van der Waals surface area contributed by atoms with Crippen molar-refractivity contribution < 1.29 is 23.1 Å². The highest BCUT2D eigenvalue weighted by molar-refractivity contribution is 6.30. The smallest absolute Gasteiger partial charge is 0.283 e. The molecule has 0 aliphatic carbocycles. The number of aryl methyl sites for hydroxylation is 1. The van der Waals surface area contributed by atoms with Crippen LogP contribution in [0.4, 0.5) is 4.39 Å². The van der Waals surface area contributed by atoms with Gasteiger partial charge in [0.25, 0.3) is 5.89 Å². The van der Waals surface area contributed by atoms with Crippen molar-refractivity contribution in [3.63, 3.8) is 0 Å². The molecule has 0 saturated carbocycles. The van der Waals surface area contributed by atoms with Crippen LogP contribution in [0.5, 0.6) is 5.75 Å².